The predicted octanol–water partition coefficient (Wildman–Crippen LogP) is 0.848. The van der Waals surface area contributed by atoms with Crippen molar-refractivity contribution in [1.82, 2.24) is 5.32 Å². The first-order chi connectivity index (χ1) is 10.9. The van der Waals surface area contributed by atoms with Gasteiger partial charge in [-0.05, 0) is 31.0 Å². The average Bonchev–Trinajstić information content (AvgIpc) is 2.48. The quantitative estimate of drug-likeness (QED) is 0.547. The lowest BCUT2D eigenvalue weighted by atomic mass is 10.1. The number of primary amides is 1. The Morgan fingerprint density at radius 3 is 2.52 bits per heavy atom. The molecule has 124 valence electrons. The predicted molar refractivity (Wildman–Crippen MR) is 81.6 cm³/mol. The highest BCUT2D eigenvalue weighted by Crippen LogP contribution is 2.04. The minimum atomic E-state index is -0.936. The Morgan fingerprint density at radius 1 is 1.30 bits per heavy atom. The summed E-state index contributed by atoms with van der Waals surface area (Å²) in [6.07, 6.45) is 2.64. The van der Waals surface area contributed by atoms with Gasteiger partial charge in [0.15, 0.2) is 0 Å². The fraction of sp³-hybridized carbons (Fsp3) is 0.312. The molecule has 1 aromatic carbocycles. The smallest absolute Gasteiger partial charge is 0.330 e. The van der Waals surface area contributed by atoms with E-state index in [-0.39, 0.29) is 19.4 Å². The lowest BCUT2D eigenvalue weighted by Gasteiger charge is -2.13. The van der Waals surface area contributed by atoms with Crippen LogP contribution < -0.4 is 11.1 Å². The highest BCUT2D eigenvalue weighted by Gasteiger charge is 2.17. The van der Waals surface area contributed by atoms with Crippen LogP contribution in [0.5, 0.6) is 0 Å². The number of carbonyl (C=O) groups is 3. The Bertz CT molecular complexity index is 584. The topological polar surface area (TPSA) is 98.5 Å². The van der Waals surface area contributed by atoms with Crippen LogP contribution in [0.4, 0.5) is 4.39 Å². The van der Waals surface area contributed by atoms with Gasteiger partial charge in [0.1, 0.15) is 11.9 Å². The van der Waals surface area contributed by atoms with E-state index in [0.717, 1.165) is 0 Å². The van der Waals surface area contributed by atoms with E-state index in [1.165, 1.54) is 36.4 Å². The van der Waals surface area contributed by atoms with E-state index >= 15 is 0 Å². The Hall–Kier alpha value is -2.70. The maximum Gasteiger partial charge on any atom is 0.330 e. The van der Waals surface area contributed by atoms with Gasteiger partial charge in [-0.1, -0.05) is 18.2 Å². The molecule has 3 N–H and O–H groups in total. The van der Waals surface area contributed by atoms with E-state index in [4.69, 9.17) is 10.5 Å². The van der Waals surface area contributed by atoms with E-state index in [2.05, 4.69) is 5.32 Å². The van der Waals surface area contributed by atoms with Crippen LogP contribution in [0.3, 0.4) is 0 Å². The zero-order valence-electron chi connectivity index (χ0n) is 12.8. The number of rotatable bonds is 8. The van der Waals surface area contributed by atoms with Crippen molar-refractivity contribution >= 4 is 17.8 Å². The summed E-state index contributed by atoms with van der Waals surface area (Å²) in [4.78, 5) is 34.4. The van der Waals surface area contributed by atoms with E-state index < -0.39 is 29.6 Å². The van der Waals surface area contributed by atoms with Crippen molar-refractivity contribution in [3.63, 3.8) is 0 Å². The number of nitrogens with two attached hydrogens (primary N) is 1. The molecule has 0 saturated carbocycles. The third kappa shape index (κ3) is 7.21. The number of amides is 2. The number of hydrogen-bond donors (Lipinski definition) is 2. The zero-order chi connectivity index (χ0) is 17.2. The highest BCUT2D eigenvalue weighted by molar-refractivity contribution is 5.88. The molecule has 23 heavy (non-hydrogen) atoms. The van der Waals surface area contributed by atoms with Gasteiger partial charge < -0.3 is 15.8 Å². The third-order valence-corrected chi connectivity index (χ3v) is 2.87. The first-order valence-electron chi connectivity index (χ1n) is 7.08. The van der Waals surface area contributed by atoms with Crippen molar-refractivity contribution in [3.8, 4) is 0 Å². The van der Waals surface area contributed by atoms with Gasteiger partial charge in [0.05, 0.1) is 13.0 Å². The van der Waals surface area contributed by atoms with E-state index in [0.29, 0.717) is 5.56 Å². The maximum absolute atomic E-state index is 12.8. The van der Waals surface area contributed by atoms with Gasteiger partial charge in [0.25, 0.3) is 0 Å². The first-order valence-corrected chi connectivity index (χ1v) is 7.08. The fourth-order valence-corrected chi connectivity index (χ4v) is 1.77. The van der Waals surface area contributed by atoms with Crippen LogP contribution in [0.2, 0.25) is 0 Å². The van der Waals surface area contributed by atoms with E-state index in [1.54, 1.807) is 6.92 Å². The summed E-state index contributed by atoms with van der Waals surface area (Å²) in [6.45, 7) is 1.92. The van der Waals surface area contributed by atoms with Gasteiger partial charge in [-0.3, -0.25) is 9.59 Å². The number of benzene rings is 1. The summed E-state index contributed by atoms with van der Waals surface area (Å²) in [5, 5.41) is 2.47. The van der Waals surface area contributed by atoms with Crippen molar-refractivity contribution in [1.29, 1.82) is 0 Å². The molecule has 0 aliphatic carbocycles. The van der Waals surface area contributed by atoms with Gasteiger partial charge in [-0.2, -0.15) is 0 Å². The second-order valence-electron chi connectivity index (χ2n) is 4.72. The van der Waals surface area contributed by atoms with Gasteiger partial charge in [-0.15, -0.1) is 0 Å². The molecular weight excluding hydrogens is 303 g/mol. The Balaban J connectivity index is 2.54. The van der Waals surface area contributed by atoms with Gasteiger partial charge >= 0.3 is 5.97 Å². The van der Waals surface area contributed by atoms with Crippen molar-refractivity contribution in [3.05, 3.63) is 47.8 Å². The Morgan fingerprint density at radius 2 is 1.96 bits per heavy atom. The van der Waals surface area contributed by atoms with Crippen molar-refractivity contribution in [2.75, 3.05) is 6.61 Å². The summed E-state index contributed by atoms with van der Waals surface area (Å²) >= 11 is 0. The minimum absolute atomic E-state index is 0.00828. The Labute approximate surface area is 133 Å². The lowest BCUT2D eigenvalue weighted by Crippen LogP contribution is -2.44. The maximum atomic E-state index is 12.8. The normalized spacial score (nSPS) is 11.9. The third-order valence-electron chi connectivity index (χ3n) is 2.87. The van der Waals surface area contributed by atoms with Crippen molar-refractivity contribution < 1.29 is 23.5 Å². The molecule has 0 spiro atoms. The van der Waals surface area contributed by atoms with Crippen molar-refractivity contribution in [2.45, 2.75) is 25.8 Å². The van der Waals surface area contributed by atoms with Crippen molar-refractivity contribution in [2.24, 2.45) is 5.73 Å². The number of hydrogen-bond acceptors (Lipinski definition) is 4. The number of esters is 1. The molecule has 0 radical (unpaired) electrons. The van der Waals surface area contributed by atoms with Gasteiger partial charge in [0, 0.05) is 6.08 Å². The summed E-state index contributed by atoms with van der Waals surface area (Å²) in [5.74, 6) is -2.07. The molecule has 0 bridgehead atoms. The zero-order valence-corrected chi connectivity index (χ0v) is 12.8. The molecule has 0 aliphatic rings. The lowest BCUT2D eigenvalue weighted by molar-refractivity contribution is -0.137. The van der Waals surface area contributed by atoms with Crippen LogP contribution >= 0.6 is 0 Å². The molecule has 7 heteroatoms. The molecule has 0 aliphatic heterocycles. The van der Waals surface area contributed by atoms with Crippen LogP contribution in [-0.2, 0) is 25.5 Å². The van der Waals surface area contributed by atoms with Gasteiger partial charge in [0.2, 0.25) is 11.8 Å². The van der Waals surface area contributed by atoms with Gasteiger partial charge in [-0.25, -0.2) is 9.18 Å². The van der Waals surface area contributed by atoms with Crippen LogP contribution in [0.1, 0.15) is 18.9 Å². The monoisotopic (exact) mass is 322 g/mol. The molecule has 0 unspecified atom stereocenters. The molecule has 0 heterocycles. The standard InChI is InChI=1S/C16H19FN2O4/c1-2-23-15(21)5-3-4-13(16(18)22)19-14(20)10-11-6-8-12(17)9-7-11/h3,5-9,13H,2,4,10H2,1H3,(H2,18,22)(H,19,20)/b5-3+/t13-/m0/s1. The molecule has 2 amide bonds. The van der Waals surface area contributed by atoms with Crippen LogP contribution in [0.15, 0.2) is 36.4 Å². The molecule has 1 atom stereocenters. The number of ether oxygens (including phenoxy) is 1. The first kappa shape index (κ1) is 18.3. The van der Waals surface area contributed by atoms with Crippen LogP contribution in [0, 0.1) is 5.82 Å². The number of carbonyl (C=O) groups excluding carboxylic acids is 3. The second-order valence-corrected chi connectivity index (χ2v) is 4.72. The fourth-order valence-electron chi connectivity index (χ4n) is 1.77. The molecule has 1 rings (SSSR count). The van der Waals surface area contributed by atoms with Crippen LogP contribution in [-0.4, -0.2) is 30.4 Å². The molecule has 6 nitrogen and oxygen atoms in total. The highest BCUT2D eigenvalue weighted by atomic mass is 19.1. The number of halogens is 1. The Kier molecular flexibility index (Phi) is 7.45. The van der Waals surface area contributed by atoms with E-state index in [9.17, 15) is 18.8 Å². The molecule has 0 saturated heterocycles. The molecule has 0 aromatic heterocycles. The minimum Gasteiger partial charge on any atom is -0.463 e. The summed E-state index contributed by atoms with van der Waals surface area (Å²) < 4.78 is 17.5. The number of nitrogens with one attached hydrogen (secondary N) is 1. The summed E-state index contributed by atoms with van der Waals surface area (Å²) in [7, 11) is 0. The van der Waals surface area contributed by atoms with E-state index in [1.807, 2.05) is 0 Å². The summed E-state index contributed by atoms with van der Waals surface area (Å²) in [5.41, 5.74) is 5.83. The molecular formula is C16H19FN2O4. The summed E-state index contributed by atoms with van der Waals surface area (Å²) in [6, 6.07) is 4.52. The van der Waals surface area contributed by atoms with Crippen LogP contribution in [0.25, 0.3) is 0 Å². The SMILES string of the molecule is CCOC(=O)/C=C/C[C@H](NC(=O)Cc1ccc(F)cc1)C(N)=O. The largest absolute Gasteiger partial charge is 0.463 e. The molecule has 1 aromatic rings. The second kappa shape index (κ2) is 9.34. The molecule has 0 fully saturated rings. The average molecular weight is 322 g/mol.